The lowest BCUT2D eigenvalue weighted by atomic mass is 10.2. The van der Waals surface area contributed by atoms with Gasteiger partial charge in [-0.15, -0.1) is 0 Å². The molecular weight excluding hydrogens is 334 g/mol. The van der Waals surface area contributed by atoms with Crippen molar-refractivity contribution in [3.05, 3.63) is 78.9 Å². The maximum atomic E-state index is 5.80. The summed E-state index contributed by atoms with van der Waals surface area (Å²) in [5.74, 6) is 1.79. The Morgan fingerprint density at radius 2 is 1.15 bits per heavy atom. The van der Waals surface area contributed by atoms with Crippen molar-refractivity contribution in [1.82, 2.24) is 0 Å². The second-order valence-corrected chi connectivity index (χ2v) is 6.29. The van der Waals surface area contributed by atoms with E-state index in [0.29, 0.717) is 6.61 Å². The number of hydrogen-bond acceptors (Lipinski definition) is 3. The Morgan fingerprint density at radius 3 is 1.67 bits per heavy atom. The smallest absolute Gasteiger partial charge is 0.119 e. The van der Waals surface area contributed by atoms with Gasteiger partial charge in [0.2, 0.25) is 0 Å². The highest BCUT2D eigenvalue weighted by atomic mass is 16.5. The molecule has 27 heavy (non-hydrogen) atoms. The number of nitrogens with zero attached hydrogens (tertiary/aromatic N) is 1. The molecule has 0 aliphatic heterocycles. The molecule has 0 saturated carbocycles. The molecule has 0 aliphatic carbocycles. The van der Waals surface area contributed by atoms with Gasteiger partial charge in [0, 0.05) is 17.1 Å². The fourth-order valence-corrected chi connectivity index (χ4v) is 2.91. The monoisotopic (exact) mass is 361 g/mol. The Labute approximate surface area is 162 Å². The third kappa shape index (κ3) is 5.04. The topological polar surface area (TPSA) is 21.7 Å². The molecule has 0 bridgehead atoms. The predicted octanol–water partition coefficient (Wildman–Crippen LogP) is 6.73. The lowest BCUT2D eigenvalue weighted by molar-refractivity contribution is 0.309. The van der Waals surface area contributed by atoms with Crippen LogP contribution in [0.15, 0.2) is 78.9 Å². The molecule has 0 saturated heterocycles. The summed E-state index contributed by atoms with van der Waals surface area (Å²) in [6.07, 6.45) is 2.21. The normalized spacial score (nSPS) is 10.4. The van der Waals surface area contributed by atoms with Gasteiger partial charge in [0.1, 0.15) is 11.5 Å². The van der Waals surface area contributed by atoms with Crippen LogP contribution in [0.25, 0.3) is 0 Å². The Hall–Kier alpha value is -2.94. The number of para-hydroxylation sites is 1. The number of unbranched alkanes of at least 4 members (excludes halogenated alkanes) is 1. The van der Waals surface area contributed by atoms with Crippen molar-refractivity contribution in [2.24, 2.45) is 0 Å². The first-order valence-electron chi connectivity index (χ1n) is 9.62. The van der Waals surface area contributed by atoms with Crippen molar-refractivity contribution in [2.45, 2.75) is 26.7 Å². The van der Waals surface area contributed by atoms with Crippen LogP contribution in [0.5, 0.6) is 11.5 Å². The van der Waals surface area contributed by atoms with E-state index in [1.807, 2.05) is 37.3 Å². The van der Waals surface area contributed by atoms with Gasteiger partial charge < -0.3 is 14.4 Å². The van der Waals surface area contributed by atoms with E-state index >= 15 is 0 Å². The van der Waals surface area contributed by atoms with Crippen molar-refractivity contribution >= 4 is 17.1 Å². The van der Waals surface area contributed by atoms with Gasteiger partial charge in [0.25, 0.3) is 0 Å². The summed E-state index contributed by atoms with van der Waals surface area (Å²) in [6.45, 7) is 5.59. The third-order valence-corrected chi connectivity index (χ3v) is 4.28. The Balaban J connectivity index is 1.88. The zero-order chi connectivity index (χ0) is 18.9. The minimum atomic E-state index is 0.668. The summed E-state index contributed by atoms with van der Waals surface area (Å²) in [4.78, 5) is 2.23. The second kappa shape index (κ2) is 9.67. The molecule has 0 fully saturated rings. The summed E-state index contributed by atoms with van der Waals surface area (Å²) in [5.41, 5.74) is 3.29. The van der Waals surface area contributed by atoms with Crippen LogP contribution < -0.4 is 14.4 Å². The van der Waals surface area contributed by atoms with Crippen LogP contribution in [0.1, 0.15) is 26.7 Å². The maximum Gasteiger partial charge on any atom is 0.119 e. The van der Waals surface area contributed by atoms with Gasteiger partial charge in [0.05, 0.1) is 13.2 Å². The summed E-state index contributed by atoms with van der Waals surface area (Å²) in [5, 5.41) is 0. The largest absolute Gasteiger partial charge is 0.494 e. The first kappa shape index (κ1) is 18.8. The lowest BCUT2D eigenvalue weighted by Crippen LogP contribution is -2.09. The molecule has 0 aromatic heterocycles. The standard InChI is InChI=1S/C24H27NO2/c1-3-5-19-27-24-17-13-22(14-18-24)25(20-9-7-6-8-10-20)21-11-15-23(16-12-21)26-4-2/h6-18H,3-5,19H2,1-2H3. The van der Waals surface area contributed by atoms with Gasteiger partial charge in [-0.05, 0) is 74.0 Å². The van der Waals surface area contributed by atoms with Crippen LogP contribution in [-0.4, -0.2) is 13.2 Å². The molecule has 0 heterocycles. The number of benzene rings is 3. The summed E-state index contributed by atoms with van der Waals surface area (Å²) in [6, 6.07) is 26.8. The molecule has 0 unspecified atom stereocenters. The minimum absolute atomic E-state index is 0.668. The number of ether oxygens (including phenoxy) is 2. The van der Waals surface area contributed by atoms with Crippen LogP contribution >= 0.6 is 0 Å². The van der Waals surface area contributed by atoms with Crippen molar-refractivity contribution in [2.75, 3.05) is 18.1 Å². The van der Waals surface area contributed by atoms with E-state index in [2.05, 4.69) is 60.4 Å². The SMILES string of the molecule is CCCCOc1ccc(N(c2ccccc2)c2ccc(OCC)cc2)cc1. The zero-order valence-electron chi connectivity index (χ0n) is 16.1. The van der Waals surface area contributed by atoms with E-state index < -0.39 is 0 Å². The molecule has 0 spiro atoms. The predicted molar refractivity (Wildman–Crippen MR) is 113 cm³/mol. The Kier molecular flexibility index (Phi) is 6.75. The molecule has 140 valence electrons. The Bertz CT molecular complexity index is 798. The average Bonchev–Trinajstić information content (AvgIpc) is 2.72. The average molecular weight is 361 g/mol. The maximum absolute atomic E-state index is 5.80. The van der Waals surface area contributed by atoms with E-state index in [4.69, 9.17) is 9.47 Å². The molecule has 3 nitrogen and oxygen atoms in total. The van der Waals surface area contributed by atoms with Gasteiger partial charge in [-0.1, -0.05) is 31.5 Å². The van der Waals surface area contributed by atoms with Gasteiger partial charge in [-0.3, -0.25) is 0 Å². The molecular formula is C24H27NO2. The summed E-state index contributed by atoms with van der Waals surface area (Å²) < 4.78 is 11.4. The van der Waals surface area contributed by atoms with E-state index in [9.17, 15) is 0 Å². The molecule has 3 rings (SSSR count). The first-order chi connectivity index (χ1) is 13.3. The minimum Gasteiger partial charge on any atom is -0.494 e. The highest BCUT2D eigenvalue weighted by Gasteiger charge is 2.12. The van der Waals surface area contributed by atoms with Crippen LogP contribution in [0.4, 0.5) is 17.1 Å². The molecule has 0 atom stereocenters. The third-order valence-electron chi connectivity index (χ3n) is 4.28. The molecule has 3 aromatic carbocycles. The summed E-state index contributed by atoms with van der Waals surface area (Å²) >= 11 is 0. The number of hydrogen-bond donors (Lipinski definition) is 0. The molecule has 0 aliphatic rings. The van der Waals surface area contributed by atoms with Crippen LogP contribution in [0.3, 0.4) is 0 Å². The number of anilines is 3. The van der Waals surface area contributed by atoms with Gasteiger partial charge in [-0.2, -0.15) is 0 Å². The van der Waals surface area contributed by atoms with Crippen molar-refractivity contribution in [1.29, 1.82) is 0 Å². The molecule has 0 radical (unpaired) electrons. The highest BCUT2D eigenvalue weighted by molar-refractivity contribution is 5.76. The van der Waals surface area contributed by atoms with Crippen molar-refractivity contribution < 1.29 is 9.47 Å². The molecule has 3 aromatic rings. The molecule has 3 heteroatoms. The first-order valence-corrected chi connectivity index (χ1v) is 9.62. The van der Waals surface area contributed by atoms with Gasteiger partial charge >= 0.3 is 0 Å². The van der Waals surface area contributed by atoms with E-state index in [1.165, 1.54) is 0 Å². The van der Waals surface area contributed by atoms with E-state index in [1.54, 1.807) is 0 Å². The van der Waals surface area contributed by atoms with E-state index in [-0.39, 0.29) is 0 Å². The molecule has 0 N–H and O–H groups in total. The summed E-state index contributed by atoms with van der Waals surface area (Å²) in [7, 11) is 0. The number of rotatable bonds is 9. The highest BCUT2D eigenvalue weighted by Crippen LogP contribution is 2.35. The second-order valence-electron chi connectivity index (χ2n) is 6.29. The molecule has 0 amide bonds. The van der Waals surface area contributed by atoms with E-state index in [0.717, 1.165) is 48.0 Å². The van der Waals surface area contributed by atoms with Crippen LogP contribution in [0.2, 0.25) is 0 Å². The van der Waals surface area contributed by atoms with Gasteiger partial charge in [-0.25, -0.2) is 0 Å². The van der Waals surface area contributed by atoms with Crippen LogP contribution in [-0.2, 0) is 0 Å². The van der Waals surface area contributed by atoms with Crippen molar-refractivity contribution in [3.63, 3.8) is 0 Å². The van der Waals surface area contributed by atoms with Crippen LogP contribution in [0, 0.1) is 0 Å². The Morgan fingerprint density at radius 1 is 0.630 bits per heavy atom. The van der Waals surface area contributed by atoms with Gasteiger partial charge in [0.15, 0.2) is 0 Å². The zero-order valence-corrected chi connectivity index (χ0v) is 16.1. The lowest BCUT2D eigenvalue weighted by Gasteiger charge is -2.25. The van der Waals surface area contributed by atoms with Crippen molar-refractivity contribution in [3.8, 4) is 11.5 Å². The quantitative estimate of drug-likeness (QED) is 0.394. The fourth-order valence-electron chi connectivity index (χ4n) is 2.91. The fraction of sp³-hybridized carbons (Fsp3) is 0.250.